The maximum absolute atomic E-state index is 14.0. The fraction of sp³-hybridized carbons (Fsp3) is 0.300. The molecular weight excluding hydrogens is 550 g/mol. The van der Waals surface area contributed by atoms with Gasteiger partial charge in [-0.2, -0.15) is 0 Å². The highest BCUT2D eigenvalue weighted by Gasteiger charge is 2.43. The van der Waals surface area contributed by atoms with E-state index in [9.17, 15) is 22.8 Å². The third kappa shape index (κ3) is 5.76. The van der Waals surface area contributed by atoms with Crippen LogP contribution < -0.4 is 5.32 Å². The smallest absolute Gasteiger partial charge is 0.269 e. The summed E-state index contributed by atoms with van der Waals surface area (Å²) in [5.41, 5.74) is 1.46. The largest absolute Gasteiger partial charge is 0.352 e. The normalized spacial score (nSPS) is 16.9. The van der Waals surface area contributed by atoms with E-state index in [4.69, 9.17) is 11.6 Å². The molecule has 1 aliphatic carbocycles. The highest BCUT2D eigenvalue weighted by molar-refractivity contribution is 7.90. The van der Waals surface area contributed by atoms with Crippen LogP contribution in [0.5, 0.6) is 0 Å². The lowest BCUT2D eigenvalue weighted by Gasteiger charge is -2.33. The molecule has 1 atom stereocenters. The molecule has 208 valence electrons. The van der Waals surface area contributed by atoms with Crippen LogP contribution in [-0.2, 0) is 32.6 Å². The average molecular weight is 580 g/mol. The van der Waals surface area contributed by atoms with Crippen LogP contribution in [0, 0.1) is 0 Å². The molecule has 0 bridgehead atoms. The van der Waals surface area contributed by atoms with Crippen molar-refractivity contribution in [1.82, 2.24) is 14.5 Å². The number of carbonyl (C=O) groups is 3. The number of halogens is 1. The molecule has 8 nitrogen and oxygen atoms in total. The molecule has 5 rings (SSSR count). The Kier molecular flexibility index (Phi) is 8.23. The molecule has 1 N–H and O–H groups in total. The van der Waals surface area contributed by atoms with Gasteiger partial charge in [-0.25, -0.2) is 12.7 Å². The number of carbonyl (C=O) groups excluding carboxylic acids is 3. The van der Waals surface area contributed by atoms with E-state index in [1.54, 1.807) is 30.3 Å². The second-order valence-electron chi connectivity index (χ2n) is 10.1. The molecule has 0 spiro atoms. The van der Waals surface area contributed by atoms with Crippen LogP contribution in [0.3, 0.4) is 0 Å². The van der Waals surface area contributed by atoms with Crippen LogP contribution in [0.1, 0.15) is 47.2 Å². The number of sulfonamides is 1. The SMILES string of the molecule is O=C(NC1CCCC1)[C@H](Cc1ccccc1)N(Cc1ccccc1Cl)C(=O)CN1C(=O)c2ccccc2S1(=O)=O. The second kappa shape index (κ2) is 11.8. The number of nitrogens with one attached hydrogen (secondary N) is 1. The van der Waals surface area contributed by atoms with Crippen molar-refractivity contribution < 1.29 is 22.8 Å². The molecule has 0 unspecified atom stereocenters. The predicted octanol–water partition coefficient (Wildman–Crippen LogP) is 4.18. The number of fused-ring (bicyclic) bond motifs is 1. The summed E-state index contributed by atoms with van der Waals surface area (Å²) in [4.78, 5) is 42.1. The first-order valence-electron chi connectivity index (χ1n) is 13.3. The highest BCUT2D eigenvalue weighted by atomic mass is 35.5. The summed E-state index contributed by atoms with van der Waals surface area (Å²) in [6, 6.07) is 21.2. The standard InChI is InChI=1S/C30H30ClN3O5S/c31-25-16-8-4-12-22(25)19-33(28(35)20-34-30(37)24-15-7-9-17-27(24)40(34,38)39)26(18-21-10-2-1-3-11-21)29(36)32-23-13-5-6-14-23/h1-4,7-12,15-17,23,26H,5-6,13-14,18-20H2,(H,32,36)/t26-/m0/s1. The Hall–Kier alpha value is -3.69. The van der Waals surface area contributed by atoms with Crippen molar-refractivity contribution in [1.29, 1.82) is 0 Å². The minimum atomic E-state index is -4.22. The van der Waals surface area contributed by atoms with Crippen LogP contribution in [0.15, 0.2) is 83.8 Å². The molecule has 3 aromatic rings. The van der Waals surface area contributed by atoms with E-state index in [0.29, 0.717) is 14.9 Å². The minimum absolute atomic E-state index is 0.0121. The van der Waals surface area contributed by atoms with Gasteiger partial charge in [-0.3, -0.25) is 14.4 Å². The molecule has 1 heterocycles. The molecular formula is C30H30ClN3O5S. The summed E-state index contributed by atoms with van der Waals surface area (Å²) < 4.78 is 27.0. The summed E-state index contributed by atoms with van der Waals surface area (Å²) in [5.74, 6) is -1.76. The number of amides is 3. The lowest BCUT2D eigenvalue weighted by Crippen LogP contribution is -2.54. The van der Waals surface area contributed by atoms with E-state index < -0.39 is 34.4 Å². The highest BCUT2D eigenvalue weighted by Crippen LogP contribution is 2.30. The summed E-state index contributed by atoms with van der Waals surface area (Å²) in [5, 5.41) is 3.51. The van der Waals surface area contributed by atoms with Gasteiger partial charge in [0.25, 0.3) is 15.9 Å². The van der Waals surface area contributed by atoms with Crippen LogP contribution in [0.25, 0.3) is 0 Å². The molecule has 1 aliphatic heterocycles. The third-order valence-electron chi connectivity index (χ3n) is 7.46. The summed E-state index contributed by atoms with van der Waals surface area (Å²) >= 11 is 6.46. The average Bonchev–Trinajstić information content (AvgIpc) is 3.53. The van der Waals surface area contributed by atoms with Crippen LogP contribution >= 0.6 is 11.6 Å². The molecule has 0 saturated heterocycles. The Balaban J connectivity index is 1.50. The van der Waals surface area contributed by atoms with Crippen molar-refractivity contribution in [2.75, 3.05) is 6.54 Å². The fourth-order valence-electron chi connectivity index (χ4n) is 5.33. The van der Waals surface area contributed by atoms with E-state index in [1.165, 1.54) is 23.1 Å². The second-order valence-corrected chi connectivity index (χ2v) is 12.4. The summed E-state index contributed by atoms with van der Waals surface area (Å²) in [7, 11) is -4.22. The first kappa shape index (κ1) is 27.9. The van der Waals surface area contributed by atoms with Gasteiger partial charge in [-0.1, -0.05) is 85.1 Å². The van der Waals surface area contributed by atoms with Gasteiger partial charge in [-0.15, -0.1) is 0 Å². The Bertz CT molecular complexity index is 1520. The fourth-order valence-corrected chi connectivity index (χ4v) is 7.05. The van der Waals surface area contributed by atoms with Crippen molar-refractivity contribution in [2.45, 2.75) is 55.6 Å². The Morgan fingerprint density at radius 3 is 2.30 bits per heavy atom. The van der Waals surface area contributed by atoms with E-state index in [0.717, 1.165) is 31.2 Å². The van der Waals surface area contributed by atoms with E-state index >= 15 is 0 Å². The molecule has 0 radical (unpaired) electrons. The van der Waals surface area contributed by atoms with Gasteiger partial charge in [0.1, 0.15) is 17.5 Å². The topological polar surface area (TPSA) is 104 Å². The minimum Gasteiger partial charge on any atom is -0.352 e. The maximum atomic E-state index is 14.0. The first-order chi connectivity index (χ1) is 19.3. The van der Waals surface area contributed by atoms with Gasteiger partial charge in [0.15, 0.2) is 0 Å². The van der Waals surface area contributed by atoms with Crippen molar-refractivity contribution in [3.8, 4) is 0 Å². The van der Waals surface area contributed by atoms with E-state index in [1.807, 2.05) is 30.3 Å². The molecule has 3 aromatic carbocycles. The predicted molar refractivity (Wildman–Crippen MR) is 151 cm³/mol. The number of hydrogen-bond acceptors (Lipinski definition) is 5. The lowest BCUT2D eigenvalue weighted by molar-refractivity contribution is -0.141. The number of nitrogens with zero attached hydrogens (tertiary/aromatic N) is 2. The van der Waals surface area contributed by atoms with Gasteiger partial charge < -0.3 is 10.2 Å². The molecule has 1 saturated carbocycles. The number of rotatable bonds is 9. The van der Waals surface area contributed by atoms with Gasteiger partial charge in [0, 0.05) is 24.0 Å². The van der Waals surface area contributed by atoms with Gasteiger partial charge >= 0.3 is 0 Å². The monoisotopic (exact) mass is 579 g/mol. The zero-order valence-corrected chi connectivity index (χ0v) is 23.4. The van der Waals surface area contributed by atoms with Crippen molar-refractivity contribution >= 4 is 39.3 Å². The quantitative estimate of drug-likeness (QED) is 0.409. The van der Waals surface area contributed by atoms with Gasteiger partial charge in [0.05, 0.1) is 5.56 Å². The molecule has 1 fully saturated rings. The van der Waals surface area contributed by atoms with E-state index in [-0.39, 0.29) is 35.4 Å². The van der Waals surface area contributed by atoms with Crippen LogP contribution in [0.2, 0.25) is 5.02 Å². The first-order valence-corrected chi connectivity index (χ1v) is 15.1. The zero-order chi connectivity index (χ0) is 28.3. The molecule has 0 aromatic heterocycles. The van der Waals surface area contributed by atoms with Crippen LogP contribution in [0.4, 0.5) is 0 Å². The van der Waals surface area contributed by atoms with Crippen molar-refractivity contribution in [3.63, 3.8) is 0 Å². The third-order valence-corrected chi connectivity index (χ3v) is 9.62. The van der Waals surface area contributed by atoms with Crippen molar-refractivity contribution in [2.24, 2.45) is 0 Å². The molecule has 3 amide bonds. The Morgan fingerprint density at radius 2 is 1.60 bits per heavy atom. The number of benzene rings is 3. The molecule has 2 aliphatic rings. The molecule has 10 heteroatoms. The Labute approximate surface area is 239 Å². The van der Waals surface area contributed by atoms with Gasteiger partial charge in [-0.05, 0) is 42.2 Å². The summed E-state index contributed by atoms with van der Waals surface area (Å²) in [6.07, 6.45) is 3.97. The van der Waals surface area contributed by atoms with Crippen LogP contribution in [-0.4, -0.2) is 54.0 Å². The Morgan fingerprint density at radius 1 is 0.950 bits per heavy atom. The van der Waals surface area contributed by atoms with Crippen molar-refractivity contribution in [3.05, 3.63) is 101 Å². The lowest BCUT2D eigenvalue weighted by atomic mass is 10.0. The summed E-state index contributed by atoms with van der Waals surface area (Å²) in [6.45, 7) is -0.772. The number of hydrogen-bond donors (Lipinski definition) is 1. The molecule has 40 heavy (non-hydrogen) atoms. The zero-order valence-electron chi connectivity index (χ0n) is 21.8. The maximum Gasteiger partial charge on any atom is 0.269 e. The van der Waals surface area contributed by atoms with E-state index in [2.05, 4.69) is 5.32 Å². The van der Waals surface area contributed by atoms with Gasteiger partial charge in [0.2, 0.25) is 11.8 Å².